The van der Waals surface area contributed by atoms with E-state index in [1.807, 2.05) is 12.1 Å². The standard InChI is InChI=1S/C19H17OS.CH4O3S/c1-20-18-14-8-9-15-19(18)21(16-10-4-2-5-11-16)17-12-6-3-7-13-17;1-5(2,3)4/h2-15H,1H3;1H3,(H,2,3,4)/q+1;/p-1. The number of rotatable bonds is 4. The van der Waals surface area contributed by atoms with Crippen LogP contribution in [0.3, 0.4) is 0 Å². The molecule has 4 nitrogen and oxygen atoms in total. The predicted molar refractivity (Wildman–Crippen MR) is 104 cm³/mol. The van der Waals surface area contributed by atoms with Gasteiger partial charge in [-0.15, -0.1) is 0 Å². The second-order valence-corrected chi connectivity index (χ2v) is 8.69. The van der Waals surface area contributed by atoms with E-state index < -0.39 is 10.1 Å². The van der Waals surface area contributed by atoms with Crippen LogP contribution < -0.4 is 4.74 Å². The molecule has 0 saturated heterocycles. The zero-order valence-electron chi connectivity index (χ0n) is 14.5. The molecule has 136 valence electrons. The maximum absolute atomic E-state index is 9.08. The van der Waals surface area contributed by atoms with Gasteiger partial charge >= 0.3 is 0 Å². The molecule has 3 aromatic carbocycles. The Morgan fingerprint density at radius 3 is 1.58 bits per heavy atom. The van der Waals surface area contributed by atoms with E-state index in [4.69, 9.17) is 17.7 Å². The van der Waals surface area contributed by atoms with Crippen molar-refractivity contribution in [2.24, 2.45) is 0 Å². The monoisotopic (exact) mass is 388 g/mol. The Hall–Kier alpha value is -2.28. The summed E-state index contributed by atoms with van der Waals surface area (Å²) in [6.45, 7) is 0. The molecule has 0 heterocycles. The maximum Gasteiger partial charge on any atom is 0.208 e. The Balaban J connectivity index is 0.000000431. The summed E-state index contributed by atoms with van der Waals surface area (Å²) in [6.07, 6.45) is 0.604. The van der Waals surface area contributed by atoms with Gasteiger partial charge in [0.2, 0.25) is 4.90 Å². The first-order chi connectivity index (χ1) is 12.4. The summed E-state index contributed by atoms with van der Waals surface area (Å²) in [5, 5.41) is 0. The zero-order chi connectivity index (χ0) is 19.0. The van der Waals surface area contributed by atoms with Crippen molar-refractivity contribution in [3.05, 3.63) is 84.9 Å². The molecule has 6 heteroatoms. The molecule has 0 saturated carbocycles. The third-order valence-corrected chi connectivity index (χ3v) is 5.51. The highest BCUT2D eigenvalue weighted by atomic mass is 32.2. The van der Waals surface area contributed by atoms with Crippen molar-refractivity contribution >= 4 is 21.0 Å². The van der Waals surface area contributed by atoms with Crippen molar-refractivity contribution in [1.82, 2.24) is 0 Å². The summed E-state index contributed by atoms with van der Waals surface area (Å²) in [7, 11) is -2.34. The lowest BCUT2D eigenvalue weighted by Gasteiger charge is -2.10. The van der Waals surface area contributed by atoms with E-state index >= 15 is 0 Å². The van der Waals surface area contributed by atoms with E-state index in [0.29, 0.717) is 6.26 Å². The minimum atomic E-state index is -3.92. The number of ether oxygens (including phenoxy) is 1. The van der Waals surface area contributed by atoms with Crippen LogP contribution >= 0.6 is 0 Å². The Labute approximate surface area is 157 Å². The van der Waals surface area contributed by atoms with Gasteiger partial charge in [0.25, 0.3) is 0 Å². The smallest absolute Gasteiger partial charge is 0.208 e. The summed E-state index contributed by atoms with van der Waals surface area (Å²) >= 11 is 0. The van der Waals surface area contributed by atoms with Crippen molar-refractivity contribution in [1.29, 1.82) is 0 Å². The molecule has 0 unspecified atom stereocenters. The lowest BCUT2D eigenvalue weighted by Crippen LogP contribution is -2.06. The molecule has 3 rings (SSSR count). The molecule has 0 bridgehead atoms. The van der Waals surface area contributed by atoms with Gasteiger partial charge in [-0.3, -0.25) is 0 Å². The van der Waals surface area contributed by atoms with Crippen LogP contribution in [-0.4, -0.2) is 26.3 Å². The minimum Gasteiger partial charge on any atom is -0.748 e. The van der Waals surface area contributed by atoms with Gasteiger partial charge in [-0.2, -0.15) is 0 Å². The van der Waals surface area contributed by atoms with Gasteiger partial charge in [0, 0.05) is 6.26 Å². The van der Waals surface area contributed by atoms with Crippen LogP contribution in [0.1, 0.15) is 0 Å². The summed E-state index contributed by atoms with van der Waals surface area (Å²) in [4.78, 5) is 3.82. The zero-order valence-corrected chi connectivity index (χ0v) is 16.2. The Morgan fingerprint density at radius 1 is 0.769 bits per heavy atom. The average Bonchev–Trinajstić information content (AvgIpc) is 2.63. The molecule has 26 heavy (non-hydrogen) atoms. The van der Waals surface area contributed by atoms with Crippen LogP contribution in [0.2, 0.25) is 0 Å². The number of benzene rings is 3. The molecular weight excluding hydrogens is 368 g/mol. The summed E-state index contributed by atoms with van der Waals surface area (Å²) in [5.74, 6) is 0.938. The van der Waals surface area contributed by atoms with Crippen molar-refractivity contribution in [3.8, 4) is 5.75 Å². The van der Waals surface area contributed by atoms with E-state index in [1.54, 1.807) is 7.11 Å². The van der Waals surface area contributed by atoms with Crippen LogP contribution in [0.4, 0.5) is 0 Å². The SMILES string of the molecule is COc1ccccc1[S+](c1ccccc1)c1ccccc1.CS(=O)(=O)[O-]. The molecule has 0 aliphatic rings. The first-order valence-corrected chi connectivity index (χ1v) is 10.8. The first-order valence-electron chi connectivity index (χ1n) is 7.78. The second kappa shape index (κ2) is 9.43. The van der Waals surface area contributed by atoms with E-state index in [-0.39, 0.29) is 10.9 Å². The van der Waals surface area contributed by atoms with Gasteiger partial charge in [-0.25, -0.2) is 8.42 Å². The normalized spacial score (nSPS) is 10.8. The number of para-hydroxylation sites is 1. The van der Waals surface area contributed by atoms with E-state index in [1.165, 1.54) is 14.7 Å². The lowest BCUT2D eigenvalue weighted by atomic mass is 10.3. The number of hydrogen-bond acceptors (Lipinski definition) is 4. The molecule has 0 radical (unpaired) electrons. The summed E-state index contributed by atoms with van der Waals surface area (Å²) < 4.78 is 32.8. The first kappa shape index (κ1) is 20.0. The molecule has 0 amide bonds. The quantitative estimate of drug-likeness (QED) is 0.501. The molecular formula is C20H20O4S2. The minimum absolute atomic E-state index is 0.151. The molecule has 3 aromatic rings. The second-order valence-electron chi connectivity index (χ2n) is 5.29. The molecule has 0 aromatic heterocycles. The van der Waals surface area contributed by atoms with Gasteiger partial charge < -0.3 is 9.29 Å². The van der Waals surface area contributed by atoms with E-state index in [0.717, 1.165) is 5.75 Å². The Morgan fingerprint density at radius 2 is 1.15 bits per heavy atom. The van der Waals surface area contributed by atoms with Gasteiger partial charge in [0.05, 0.1) is 17.2 Å². The van der Waals surface area contributed by atoms with Crippen LogP contribution in [-0.2, 0) is 21.0 Å². The molecule has 0 N–H and O–H groups in total. The number of hydrogen-bond donors (Lipinski definition) is 0. The predicted octanol–water partition coefficient (Wildman–Crippen LogP) is 3.95. The van der Waals surface area contributed by atoms with Crippen molar-refractivity contribution in [2.75, 3.05) is 13.4 Å². The van der Waals surface area contributed by atoms with Gasteiger partial charge in [0.15, 0.2) is 15.5 Å². The highest BCUT2D eigenvalue weighted by molar-refractivity contribution is 7.97. The average molecular weight is 389 g/mol. The van der Waals surface area contributed by atoms with E-state index in [2.05, 4.69) is 72.8 Å². The van der Waals surface area contributed by atoms with Crippen molar-refractivity contribution < 1.29 is 17.7 Å². The van der Waals surface area contributed by atoms with Crippen molar-refractivity contribution in [2.45, 2.75) is 14.7 Å². The molecule has 0 spiro atoms. The fourth-order valence-electron chi connectivity index (χ4n) is 2.29. The van der Waals surface area contributed by atoms with Gasteiger partial charge in [-0.1, -0.05) is 48.5 Å². The maximum atomic E-state index is 9.08. The molecule has 0 aliphatic carbocycles. The van der Waals surface area contributed by atoms with Gasteiger partial charge in [-0.05, 0) is 36.4 Å². The highest BCUT2D eigenvalue weighted by Gasteiger charge is 2.31. The van der Waals surface area contributed by atoms with Crippen LogP contribution in [0.25, 0.3) is 0 Å². The summed E-state index contributed by atoms with van der Waals surface area (Å²) in [5.41, 5.74) is 0. The third kappa shape index (κ3) is 6.22. The van der Waals surface area contributed by atoms with Crippen LogP contribution in [0.15, 0.2) is 99.6 Å². The third-order valence-electron chi connectivity index (χ3n) is 3.25. The van der Waals surface area contributed by atoms with Crippen molar-refractivity contribution in [3.63, 3.8) is 0 Å². The molecule has 0 aliphatic heterocycles. The number of methoxy groups -OCH3 is 1. The Kier molecular flexibility index (Phi) is 7.26. The van der Waals surface area contributed by atoms with Crippen LogP contribution in [0, 0.1) is 0 Å². The fraction of sp³-hybridized carbons (Fsp3) is 0.100. The largest absolute Gasteiger partial charge is 0.748 e. The molecule has 0 fully saturated rings. The van der Waals surface area contributed by atoms with E-state index in [9.17, 15) is 0 Å². The van der Waals surface area contributed by atoms with Crippen LogP contribution in [0.5, 0.6) is 5.75 Å². The highest BCUT2D eigenvalue weighted by Crippen LogP contribution is 2.36. The lowest BCUT2D eigenvalue weighted by molar-refractivity contribution is 0.404. The van der Waals surface area contributed by atoms with Gasteiger partial charge in [0.1, 0.15) is 10.9 Å². The molecule has 0 atom stereocenters. The topological polar surface area (TPSA) is 66.4 Å². The summed E-state index contributed by atoms with van der Waals surface area (Å²) in [6, 6.07) is 29.5. The fourth-order valence-corrected chi connectivity index (χ4v) is 4.50. The Bertz CT molecular complexity index is 863.